The fourth-order valence-corrected chi connectivity index (χ4v) is 2.30. The molecule has 0 spiro atoms. The number of aryl methyl sites for hydroxylation is 1. The van der Waals surface area contributed by atoms with E-state index in [2.05, 4.69) is 10.6 Å². The first-order chi connectivity index (χ1) is 10.9. The third-order valence-electron chi connectivity index (χ3n) is 3.09. The van der Waals surface area contributed by atoms with Crippen molar-refractivity contribution in [3.63, 3.8) is 0 Å². The molecule has 0 bridgehead atoms. The molecule has 2 aromatic carbocycles. The zero-order valence-corrected chi connectivity index (χ0v) is 14.0. The highest BCUT2D eigenvalue weighted by molar-refractivity contribution is 7.80. The number of rotatable bonds is 4. The number of hydrogen-bond donors (Lipinski definition) is 2. The van der Waals surface area contributed by atoms with Gasteiger partial charge in [0.25, 0.3) is 5.69 Å². The molecule has 2 N–H and O–H groups in total. The highest BCUT2D eigenvalue weighted by Gasteiger charge is 2.12. The zero-order valence-electron chi connectivity index (χ0n) is 12.4. The van der Waals surface area contributed by atoms with Crippen molar-refractivity contribution < 1.29 is 9.66 Å². The summed E-state index contributed by atoms with van der Waals surface area (Å²) < 4.78 is 5.18. The van der Waals surface area contributed by atoms with Crippen molar-refractivity contribution in [1.29, 1.82) is 0 Å². The van der Waals surface area contributed by atoms with Crippen LogP contribution in [0, 0.1) is 17.0 Å². The fourth-order valence-electron chi connectivity index (χ4n) is 1.91. The van der Waals surface area contributed by atoms with E-state index in [0.29, 0.717) is 16.5 Å². The van der Waals surface area contributed by atoms with Gasteiger partial charge in [0, 0.05) is 22.8 Å². The summed E-state index contributed by atoms with van der Waals surface area (Å²) in [4.78, 5) is 10.4. The second kappa shape index (κ2) is 7.26. The van der Waals surface area contributed by atoms with Crippen LogP contribution in [0.3, 0.4) is 0 Å². The molecule has 2 rings (SSSR count). The molecule has 0 aliphatic rings. The van der Waals surface area contributed by atoms with Gasteiger partial charge >= 0.3 is 0 Å². The van der Waals surface area contributed by atoms with E-state index in [9.17, 15) is 10.1 Å². The number of nitro groups is 1. The molecule has 0 aliphatic carbocycles. The normalized spacial score (nSPS) is 10.0. The van der Waals surface area contributed by atoms with Crippen LogP contribution in [-0.2, 0) is 0 Å². The Morgan fingerprint density at radius 3 is 2.57 bits per heavy atom. The Labute approximate surface area is 143 Å². The predicted molar refractivity (Wildman–Crippen MR) is 95.7 cm³/mol. The van der Waals surface area contributed by atoms with Crippen LogP contribution < -0.4 is 15.4 Å². The van der Waals surface area contributed by atoms with Crippen molar-refractivity contribution in [1.82, 2.24) is 0 Å². The molecule has 23 heavy (non-hydrogen) atoms. The van der Waals surface area contributed by atoms with Crippen LogP contribution >= 0.6 is 23.8 Å². The van der Waals surface area contributed by atoms with E-state index in [0.717, 1.165) is 11.3 Å². The SMILES string of the molecule is COc1ccc([N+](=O)[O-])cc1NC(=S)Nc1cc(Cl)ccc1C. The Morgan fingerprint density at radius 1 is 1.22 bits per heavy atom. The van der Waals surface area contributed by atoms with Crippen LogP contribution in [0.5, 0.6) is 5.75 Å². The lowest BCUT2D eigenvalue weighted by Gasteiger charge is -2.14. The molecule has 0 unspecified atom stereocenters. The minimum absolute atomic E-state index is 0.0602. The first-order valence-corrected chi connectivity index (χ1v) is 7.36. The van der Waals surface area contributed by atoms with Gasteiger partial charge in [-0.15, -0.1) is 0 Å². The van der Waals surface area contributed by atoms with Gasteiger partial charge in [-0.05, 0) is 42.9 Å². The van der Waals surface area contributed by atoms with Gasteiger partial charge in [0.1, 0.15) is 5.75 Å². The standard InChI is InChI=1S/C15H14ClN3O3S/c1-9-3-4-10(16)7-12(9)17-15(23)18-13-8-11(19(20)21)5-6-14(13)22-2/h3-8H,1-2H3,(H2,17,18,23). The van der Waals surface area contributed by atoms with Crippen LogP contribution in [0.15, 0.2) is 36.4 Å². The third kappa shape index (κ3) is 4.30. The number of halogens is 1. The van der Waals surface area contributed by atoms with Crippen molar-refractivity contribution in [3.8, 4) is 5.75 Å². The van der Waals surface area contributed by atoms with Gasteiger partial charge in [0.2, 0.25) is 0 Å². The van der Waals surface area contributed by atoms with Crippen LogP contribution in [-0.4, -0.2) is 17.1 Å². The van der Waals surface area contributed by atoms with E-state index >= 15 is 0 Å². The Morgan fingerprint density at radius 2 is 1.91 bits per heavy atom. The van der Waals surface area contributed by atoms with E-state index in [1.54, 1.807) is 12.1 Å². The quantitative estimate of drug-likeness (QED) is 0.484. The summed E-state index contributed by atoms with van der Waals surface area (Å²) in [6.07, 6.45) is 0. The summed E-state index contributed by atoms with van der Waals surface area (Å²) in [5.41, 5.74) is 2.05. The summed E-state index contributed by atoms with van der Waals surface area (Å²) in [7, 11) is 1.48. The van der Waals surface area contributed by atoms with Crippen molar-refractivity contribution in [2.45, 2.75) is 6.92 Å². The first kappa shape index (κ1) is 17.0. The minimum atomic E-state index is -0.484. The molecular weight excluding hydrogens is 338 g/mol. The molecule has 0 atom stereocenters. The van der Waals surface area contributed by atoms with Gasteiger partial charge in [-0.2, -0.15) is 0 Å². The maximum atomic E-state index is 10.9. The van der Waals surface area contributed by atoms with Crippen molar-refractivity contribution in [3.05, 3.63) is 57.1 Å². The summed E-state index contributed by atoms with van der Waals surface area (Å²) in [6.45, 7) is 1.91. The number of nitro benzene ring substituents is 1. The molecule has 0 aliphatic heterocycles. The lowest BCUT2D eigenvalue weighted by atomic mass is 10.2. The lowest BCUT2D eigenvalue weighted by Crippen LogP contribution is -2.20. The molecular formula is C15H14ClN3O3S. The van der Waals surface area contributed by atoms with E-state index in [1.807, 2.05) is 13.0 Å². The first-order valence-electron chi connectivity index (χ1n) is 6.57. The van der Waals surface area contributed by atoms with Crippen molar-refractivity contribution in [2.24, 2.45) is 0 Å². The average molecular weight is 352 g/mol. The monoisotopic (exact) mass is 351 g/mol. The molecule has 120 valence electrons. The molecule has 0 radical (unpaired) electrons. The maximum absolute atomic E-state index is 10.9. The number of thiocarbonyl (C=S) groups is 1. The van der Waals surface area contributed by atoms with Crippen LogP contribution in [0.4, 0.5) is 17.1 Å². The Kier molecular flexibility index (Phi) is 5.36. The van der Waals surface area contributed by atoms with Crippen LogP contribution in [0.1, 0.15) is 5.56 Å². The molecule has 2 aromatic rings. The highest BCUT2D eigenvalue weighted by Crippen LogP contribution is 2.29. The van der Waals surface area contributed by atoms with E-state index in [-0.39, 0.29) is 10.8 Å². The van der Waals surface area contributed by atoms with E-state index in [4.69, 9.17) is 28.6 Å². The summed E-state index contributed by atoms with van der Waals surface area (Å²) >= 11 is 11.2. The molecule has 0 heterocycles. The number of nitrogens with one attached hydrogen (secondary N) is 2. The third-order valence-corrected chi connectivity index (χ3v) is 3.53. The molecule has 0 saturated heterocycles. The van der Waals surface area contributed by atoms with Crippen LogP contribution in [0.2, 0.25) is 5.02 Å². The lowest BCUT2D eigenvalue weighted by molar-refractivity contribution is -0.384. The van der Waals surface area contributed by atoms with Crippen molar-refractivity contribution >= 4 is 46.0 Å². The average Bonchev–Trinajstić information content (AvgIpc) is 2.50. The smallest absolute Gasteiger partial charge is 0.271 e. The Bertz CT molecular complexity index is 768. The second-order valence-electron chi connectivity index (χ2n) is 4.68. The zero-order chi connectivity index (χ0) is 17.0. The fraction of sp³-hybridized carbons (Fsp3) is 0.133. The molecule has 8 heteroatoms. The van der Waals surface area contributed by atoms with Gasteiger partial charge in [-0.1, -0.05) is 17.7 Å². The van der Waals surface area contributed by atoms with E-state index < -0.39 is 4.92 Å². The summed E-state index contributed by atoms with van der Waals surface area (Å²) in [5, 5.41) is 17.6. The molecule has 0 amide bonds. The molecule has 0 saturated carbocycles. The van der Waals surface area contributed by atoms with Crippen LogP contribution in [0.25, 0.3) is 0 Å². The Balaban J connectivity index is 2.21. The van der Waals surface area contributed by atoms with Gasteiger partial charge in [-0.25, -0.2) is 0 Å². The number of hydrogen-bond acceptors (Lipinski definition) is 4. The van der Waals surface area contributed by atoms with Gasteiger partial charge in [0.05, 0.1) is 17.7 Å². The second-order valence-corrected chi connectivity index (χ2v) is 5.52. The van der Waals surface area contributed by atoms with E-state index in [1.165, 1.54) is 25.3 Å². The summed E-state index contributed by atoms with van der Waals surface area (Å²) in [5.74, 6) is 0.447. The number of methoxy groups -OCH3 is 1. The number of benzene rings is 2. The number of ether oxygens (including phenoxy) is 1. The maximum Gasteiger partial charge on any atom is 0.271 e. The molecule has 6 nitrogen and oxygen atoms in total. The number of anilines is 2. The highest BCUT2D eigenvalue weighted by atomic mass is 35.5. The van der Waals surface area contributed by atoms with Crippen molar-refractivity contribution in [2.75, 3.05) is 17.7 Å². The number of nitrogens with zero attached hydrogens (tertiary/aromatic N) is 1. The summed E-state index contributed by atoms with van der Waals surface area (Å²) in [6, 6.07) is 9.62. The number of non-ortho nitro benzene ring substituents is 1. The molecule has 0 fully saturated rings. The van der Waals surface area contributed by atoms with Gasteiger partial charge in [0.15, 0.2) is 5.11 Å². The minimum Gasteiger partial charge on any atom is -0.495 e. The predicted octanol–water partition coefficient (Wildman–Crippen LogP) is 4.37. The topological polar surface area (TPSA) is 76.4 Å². The molecule has 0 aromatic heterocycles. The van der Waals surface area contributed by atoms with Gasteiger partial charge < -0.3 is 15.4 Å². The Hall–Kier alpha value is -2.38. The largest absolute Gasteiger partial charge is 0.495 e. The van der Waals surface area contributed by atoms with Gasteiger partial charge in [-0.3, -0.25) is 10.1 Å².